The van der Waals surface area contributed by atoms with Gasteiger partial charge in [-0.25, -0.2) is 0 Å². The summed E-state index contributed by atoms with van der Waals surface area (Å²) in [4.78, 5) is 12.8. The molecule has 0 aromatic carbocycles. The quantitative estimate of drug-likeness (QED) is 0.815. The number of hydrogen-bond acceptors (Lipinski definition) is 2. The molecular formula is C17H30N2O. The Hall–Kier alpha value is -0.570. The lowest BCUT2D eigenvalue weighted by Crippen LogP contribution is -2.54. The van der Waals surface area contributed by atoms with Gasteiger partial charge < -0.3 is 10.6 Å². The molecule has 20 heavy (non-hydrogen) atoms. The van der Waals surface area contributed by atoms with Gasteiger partial charge in [-0.05, 0) is 62.3 Å². The third kappa shape index (κ3) is 1.85. The number of piperidine rings is 1. The SMILES string of the molecule is CC1(C(=O)NC2CC3CCC2(C)C3(C)C)CCCNC1. The highest BCUT2D eigenvalue weighted by molar-refractivity contribution is 5.83. The minimum absolute atomic E-state index is 0.208. The largest absolute Gasteiger partial charge is 0.352 e. The molecule has 2 aliphatic carbocycles. The molecule has 0 aromatic heterocycles. The predicted octanol–water partition coefficient (Wildman–Crippen LogP) is 2.71. The van der Waals surface area contributed by atoms with Crippen molar-refractivity contribution >= 4 is 5.91 Å². The van der Waals surface area contributed by atoms with Crippen molar-refractivity contribution in [1.82, 2.24) is 10.6 Å². The van der Waals surface area contributed by atoms with Gasteiger partial charge in [-0.2, -0.15) is 0 Å². The molecule has 0 spiro atoms. The van der Waals surface area contributed by atoms with Crippen LogP contribution in [0.25, 0.3) is 0 Å². The monoisotopic (exact) mass is 278 g/mol. The standard InChI is InChI=1S/C17H30N2O/c1-15(2)12-6-8-17(15,4)13(10-12)19-14(20)16(3)7-5-9-18-11-16/h12-13,18H,5-11H2,1-4H3,(H,19,20). The molecule has 0 radical (unpaired) electrons. The molecule has 4 unspecified atom stereocenters. The van der Waals surface area contributed by atoms with E-state index in [1.54, 1.807) is 0 Å². The van der Waals surface area contributed by atoms with E-state index >= 15 is 0 Å². The van der Waals surface area contributed by atoms with Crippen molar-refractivity contribution < 1.29 is 4.79 Å². The summed E-state index contributed by atoms with van der Waals surface area (Å²) < 4.78 is 0. The van der Waals surface area contributed by atoms with Crippen molar-refractivity contribution in [1.29, 1.82) is 0 Å². The van der Waals surface area contributed by atoms with E-state index in [0.717, 1.165) is 31.8 Å². The molecule has 1 heterocycles. The molecule has 3 heteroatoms. The van der Waals surface area contributed by atoms with E-state index in [9.17, 15) is 4.79 Å². The fraction of sp³-hybridized carbons (Fsp3) is 0.941. The van der Waals surface area contributed by atoms with Gasteiger partial charge >= 0.3 is 0 Å². The van der Waals surface area contributed by atoms with E-state index < -0.39 is 0 Å². The van der Waals surface area contributed by atoms with Crippen molar-refractivity contribution in [2.75, 3.05) is 13.1 Å². The molecule has 114 valence electrons. The highest BCUT2D eigenvalue weighted by atomic mass is 16.2. The predicted molar refractivity (Wildman–Crippen MR) is 81.4 cm³/mol. The van der Waals surface area contributed by atoms with Crippen LogP contribution in [0.2, 0.25) is 0 Å². The van der Waals surface area contributed by atoms with E-state index in [4.69, 9.17) is 0 Å². The molecule has 0 aromatic rings. The summed E-state index contributed by atoms with van der Waals surface area (Å²) in [5.41, 5.74) is 0.447. The first-order valence-corrected chi connectivity index (χ1v) is 8.31. The zero-order valence-corrected chi connectivity index (χ0v) is 13.5. The lowest BCUT2D eigenvalue weighted by atomic mass is 9.69. The molecule has 1 aliphatic heterocycles. The third-order valence-corrected chi connectivity index (χ3v) is 7.24. The fourth-order valence-electron chi connectivity index (χ4n) is 5.00. The van der Waals surface area contributed by atoms with Gasteiger partial charge in [0.1, 0.15) is 0 Å². The molecule has 1 saturated heterocycles. The Kier molecular flexibility index (Phi) is 3.20. The minimum atomic E-state index is -0.208. The number of amides is 1. The van der Waals surface area contributed by atoms with Crippen molar-refractivity contribution in [2.24, 2.45) is 22.2 Å². The van der Waals surface area contributed by atoms with Gasteiger partial charge in [-0.3, -0.25) is 4.79 Å². The van der Waals surface area contributed by atoms with Gasteiger partial charge in [0, 0.05) is 12.6 Å². The van der Waals surface area contributed by atoms with E-state index in [2.05, 4.69) is 38.3 Å². The number of carbonyl (C=O) groups is 1. The van der Waals surface area contributed by atoms with Crippen LogP contribution in [0.3, 0.4) is 0 Å². The molecule has 3 aliphatic rings. The Bertz CT molecular complexity index is 411. The van der Waals surface area contributed by atoms with Crippen LogP contribution in [0.15, 0.2) is 0 Å². The van der Waals surface area contributed by atoms with Crippen molar-refractivity contribution in [3.63, 3.8) is 0 Å². The average molecular weight is 278 g/mol. The summed E-state index contributed by atoms with van der Waals surface area (Å²) in [6.45, 7) is 11.2. The molecule has 2 bridgehead atoms. The maximum atomic E-state index is 12.8. The highest BCUT2D eigenvalue weighted by Crippen LogP contribution is 2.65. The number of nitrogens with one attached hydrogen (secondary N) is 2. The maximum absolute atomic E-state index is 12.8. The van der Waals surface area contributed by atoms with E-state index in [1.165, 1.54) is 19.3 Å². The molecule has 2 saturated carbocycles. The van der Waals surface area contributed by atoms with Crippen LogP contribution in [0, 0.1) is 22.2 Å². The summed E-state index contributed by atoms with van der Waals surface area (Å²) in [6.07, 6.45) is 5.92. The smallest absolute Gasteiger partial charge is 0.227 e. The van der Waals surface area contributed by atoms with Crippen LogP contribution in [-0.2, 0) is 4.79 Å². The van der Waals surface area contributed by atoms with E-state index in [-0.39, 0.29) is 16.7 Å². The Labute approximate surface area is 123 Å². The first-order chi connectivity index (χ1) is 9.30. The van der Waals surface area contributed by atoms with Gasteiger partial charge in [0.05, 0.1) is 5.41 Å². The Morgan fingerprint density at radius 1 is 1.20 bits per heavy atom. The second-order valence-corrected chi connectivity index (χ2v) is 8.48. The van der Waals surface area contributed by atoms with Crippen LogP contribution in [-0.4, -0.2) is 25.0 Å². The molecular weight excluding hydrogens is 248 g/mol. The van der Waals surface area contributed by atoms with Crippen LogP contribution < -0.4 is 10.6 Å². The molecule has 1 amide bonds. The van der Waals surface area contributed by atoms with Crippen molar-refractivity contribution in [3.8, 4) is 0 Å². The fourth-order valence-corrected chi connectivity index (χ4v) is 5.00. The summed E-state index contributed by atoms with van der Waals surface area (Å²) in [6, 6.07) is 0.377. The molecule has 3 fully saturated rings. The molecule has 3 rings (SSSR count). The first-order valence-electron chi connectivity index (χ1n) is 8.31. The van der Waals surface area contributed by atoms with Crippen LogP contribution >= 0.6 is 0 Å². The lowest BCUT2D eigenvalue weighted by Gasteiger charge is -2.41. The summed E-state index contributed by atoms with van der Waals surface area (Å²) >= 11 is 0. The zero-order valence-electron chi connectivity index (χ0n) is 13.5. The van der Waals surface area contributed by atoms with E-state index in [1.807, 2.05) is 0 Å². The van der Waals surface area contributed by atoms with Gasteiger partial charge in [0.2, 0.25) is 5.91 Å². The van der Waals surface area contributed by atoms with Crippen LogP contribution in [0.4, 0.5) is 0 Å². The lowest BCUT2D eigenvalue weighted by molar-refractivity contribution is -0.133. The van der Waals surface area contributed by atoms with Crippen molar-refractivity contribution in [3.05, 3.63) is 0 Å². The number of carbonyl (C=O) groups excluding carboxylic acids is 1. The Balaban J connectivity index is 1.72. The topological polar surface area (TPSA) is 41.1 Å². The number of rotatable bonds is 2. The summed E-state index contributed by atoms with van der Waals surface area (Å²) in [5.74, 6) is 1.06. The molecule has 4 atom stereocenters. The second kappa shape index (κ2) is 4.46. The maximum Gasteiger partial charge on any atom is 0.227 e. The van der Waals surface area contributed by atoms with Crippen LogP contribution in [0.5, 0.6) is 0 Å². The average Bonchev–Trinajstić information content (AvgIpc) is 2.73. The van der Waals surface area contributed by atoms with Gasteiger partial charge in [0.25, 0.3) is 0 Å². The summed E-state index contributed by atoms with van der Waals surface area (Å²) in [5, 5.41) is 6.82. The Morgan fingerprint density at radius 3 is 2.45 bits per heavy atom. The van der Waals surface area contributed by atoms with Gasteiger partial charge in [-0.1, -0.05) is 20.8 Å². The highest BCUT2D eigenvalue weighted by Gasteiger charge is 2.61. The Morgan fingerprint density at radius 2 is 1.95 bits per heavy atom. The summed E-state index contributed by atoms with van der Waals surface area (Å²) in [7, 11) is 0. The van der Waals surface area contributed by atoms with Gasteiger partial charge in [0.15, 0.2) is 0 Å². The zero-order chi connectivity index (χ0) is 14.6. The second-order valence-electron chi connectivity index (χ2n) is 8.48. The third-order valence-electron chi connectivity index (χ3n) is 7.24. The van der Waals surface area contributed by atoms with Gasteiger partial charge in [-0.15, -0.1) is 0 Å². The number of hydrogen-bond donors (Lipinski definition) is 2. The first kappa shape index (κ1) is 14.4. The van der Waals surface area contributed by atoms with E-state index in [0.29, 0.717) is 11.5 Å². The minimum Gasteiger partial charge on any atom is -0.352 e. The molecule has 3 nitrogen and oxygen atoms in total. The van der Waals surface area contributed by atoms with Crippen molar-refractivity contribution in [2.45, 2.75) is 65.8 Å². The van der Waals surface area contributed by atoms with Crippen LogP contribution in [0.1, 0.15) is 59.8 Å². The number of fused-ring (bicyclic) bond motifs is 2. The molecule has 2 N–H and O–H groups in total. The normalized spacial score (nSPS) is 46.4.